The summed E-state index contributed by atoms with van der Waals surface area (Å²) in [6, 6.07) is 8.74. The molecule has 28 heavy (non-hydrogen) atoms. The van der Waals surface area contributed by atoms with Gasteiger partial charge in [-0.3, -0.25) is 9.11 Å². The maximum Gasteiger partial charge on any atom is 0.0377 e. The first-order valence-electron chi connectivity index (χ1n) is 11.1. The molecule has 0 aliphatic carbocycles. The van der Waals surface area contributed by atoms with Gasteiger partial charge in [0.15, 0.2) is 0 Å². The monoisotopic (exact) mass is 408 g/mol. The molecular formula is C22H38N3O2S-. The number of nitrogens with one attached hydrogen (secondary N) is 1. The molecule has 0 amide bonds. The number of piperazine rings is 1. The van der Waals surface area contributed by atoms with Crippen molar-refractivity contribution < 1.29 is 8.76 Å². The third-order valence-corrected chi connectivity index (χ3v) is 6.44. The van der Waals surface area contributed by atoms with E-state index < -0.39 is 11.1 Å². The van der Waals surface area contributed by atoms with Gasteiger partial charge in [0.05, 0.1) is 0 Å². The summed E-state index contributed by atoms with van der Waals surface area (Å²) in [7, 11) is 0. The van der Waals surface area contributed by atoms with Crippen molar-refractivity contribution in [2.24, 2.45) is 5.92 Å². The Hall–Kier alpha value is -0.950. The largest absolute Gasteiger partial charge is 0.768 e. The third kappa shape index (κ3) is 6.28. The van der Waals surface area contributed by atoms with Crippen LogP contribution in [0.4, 0.5) is 5.69 Å². The topological polar surface area (TPSA) is 58.6 Å². The summed E-state index contributed by atoms with van der Waals surface area (Å²) in [5.74, 6) is 0.774. The number of likely N-dealkylation sites (tertiary alicyclic amines) is 1. The fourth-order valence-corrected chi connectivity index (χ4v) is 4.97. The molecule has 3 saturated heterocycles. The van der Waals surface area contributed by atoms with E-state index in [1.807, 2.05) is 39.8 Å². The summed E-state index contributed by atoms with van der Waals surface area (Å²) >= 11 is -2.15. The van der Waals surface area contributed by atoms with Gasteiger partial charge in [0.25, 0.3) is 0 Å². The Morgan fingerprint density at radius 3 is 2.21 bits per heavy atom. The Balaban J connectivity index is 0.000000660. The summed E-state index contributed by atoms with van der Waals surface area (Å²) in [6.45, 7) is 13.7. The zero-order chi connectivity index (χ0) is 20.5. The minimum Gasteiger partial charge on any atom is -0.768 e. The SMILES string of the molecule is CC.CC.O=S([O-])c1cccc(N2CCC(CN3CC4CCC(C3)N4)CC2)c1. The van der Waals surface area contributed by atoms with E-state index >= 15 is 0 Å². The van der Waals surface area contributed by atoms with Gasteiger partial charge in [-0.15, -0.1) is 0 Å². The lowest BCUT2D eigenvalue weighted by atomic mass is 9.95. The third-order valence-electron chi connectivity index (χ3n) is 5.80. The summed E-state index contributed by atoms with van der Waals surface area (Å²) in [4.78, 5) is 5.38. The highest BCUT2D eigenvalue weighted by Gasteiger charge is 2.33. The van der Waals surface area contributed by atoms with Crippen molar-refractivity contribution in [2.45, 2.75) is 70.4 Å². The van der Waals surface area contributed by atoms with Crippen molar-refractivity contribution in [3.05, 3.63) is 24.3 Å². The van der Waals surface area contributed by atoms with E-state index in [2.05, 4.69) is 15.1 Å². The van der Waals surface area contributed by atoms with Crippen LogP contribution in [0.25, 0.3) is 0 Å². The molecule has 3 aliphatic heterocycles. The molecule has 0 saturated carbocycles. The number of anilines is 1. The van der Waals surface area contributed by atoms with Crippen LogP contribution in [0.1, 0.15) is 53.4 Å². The van der Waals surface area contributed by atoms with Crippen LogP contribution in [0.3, 0.4) is 0 Å². The highest BCUT2D eigenvalue weighted by molar-refractivity contribution is 7.79. The van der Waals surface area contributed by atoms with Crippen molar-refractivity contribution in [3.63, 3.8) is 0 Å². The van der Waals surface area contributed by atoms with E-state index in [0.717, 1.165) is 36.8 Å². The van der Waals surface area contributed by atoms with Crippen LogP contribution in [0, 0.1) is 5.92 Å². The van der Waals surface area contributed by atoms with Crippen LogP contribution in [-0.2, 0) is 11.1 Å². The van der Waals surface area contributed by atoms with E-state index in [-0.39, 0.29) is 0 Å². The normalized spacial score (nSPS) is 26.0. The molecule has 3 fully saturated rings. The Bertz CT molecular complexity index is 593. The van der Waals surface area contributed by atoms with Crippen LogP contribution >= 0.6 is 0 Å². The van der Waals surface area contributed by atoms with Gasteiger partial charge in [-0.1, -0.05) is 33.8 Å². The quantitative estimate of drug-likeness (QED) is 0.771. The highest BCUT2D eigenvalue weighted by atomic mass is 32.2. The molecule has 2 bridgehead atoms. The maximum absolute atomic E-state index is 11.1. The second kappa shape index (κ2) is 11.9. The molecule has 0 radical (unpaired) electrons. The molecule has 4 rings (SSSR count). The zero-order valence-corrected chi connectivity index (χ0v) is 18.8. The van der Waals surface area contributed by atoms with Crippen molar-refractivity contribution in [1.82, 2.24) is 10.2 Å². The van der Waals surface area contributed by atoms with Gasteiger partial charge >= 0.3 is 0 Å². The molecule has 3 atom stereocenters. The standard InChI is InChI=1S/C18H27N3O2S.2C2H6/c22-24(23)18-3-1-2-17(10-18)21-8-6-14(7-9-21)11-20-12-15-4-5-16(13-20)19-15;2*1-2/h1-3,10,14-16,19H,4-9,11-13H2,(H,22,23);2*1-2H3/p-1. The molecule has 3 unspecified atom stereocenters. The molecule has 0 spiro atoms. The Morgan fingerprint density at radius 2 is 1.64 bits per heavy atom. The molecule has 3 heterocycles. The number of benzene rings is 1. The van der Waals surface area contributed by atoms with Crippen LogP contribution in [0.2, 0.25) is 0 Å². The number of rotatable bonds is 4. The van der Waals surface area contributed by atoms with Gasteiger partial charge in [-0.2, -0.15) is 0 Å². The first-order chi connectivity index (χ1) is 13.7. The van der Waals surface area contributed by atoms with E-state index in [9.17, 15) is 8.76 Å². The molecule has 160 valence electrons. The fourth-order valence-electron chi connectivity index (χ4n) is 4.56. The molecule has 6 heteroatoms. The summed E-state index contributed by atoms with van der Waals surface area (Å²) < 4.78 is 22.3. The average molecular weight is 409 g/mol. The number of nitrogens with zero attached hydrogens (tertiary/aromatic N) is 2. The predicted octanol–water partition coefficient (Wildman–Crippen LogP) is 3.63. The molecule has 3 aliphatic rings. The zero-order valence-electron chi connectivity index (χ0n) is 18.0. The van der Waals surface area contributed by atoms with Gasteiger partial charge < -0.3 is 14.8 Å². The van der Waals surface area contributed by atoms with E-state index in [4.69, 9.17) is 0 Å². The van der Waals surface area contributed by atoms with Crippen molar-refractivity contribution >= 4 is 16.8 Å². The van der Waals surface area contributed by atoms with Gasteiger partial charge in [0.2, 0.25) is 0 Å². The fraction of sp³-hybridized carbons (Fsp3) is 0.727. The first kappa shape index (κ1) is 23.3. The summed E-state index contributed by atoms with van der Waals surface area (Å²) in [5, 5.41) is 3.70. The lowest BCUT2D eigenvalue weighted by molar-refractivity contribution is 0.159. The second-order valence-electron chi connectivity index (χ2n) is 7.52. The second-order valence-corrected chi connectivity index (χ2v) is 8.46. The Kier molecular flexibility index (Phi) is 9.92. The summed E-state index contributed by atoms with van der Waals surface area (Å²) in [5.41, 5.74) is 1.04. The molecule has 1 aromatic rings. The Labute approximate surface area is 174 Å². The molecule has 0 aromatic heterocycles. The van der Waals surface area contributed by atoms with Gasteiger partial charge in [0.1, 0.15) is 0 Å². The summed E-state index contributed by atoms with van der Waals surface area (Å²) in [6.07, 6.45) is 5.09. The van der Waals surface area contributed by atoms with Crippen molar-refractivity contribution in [3.8, 4) is 0 Å². The highest BCUT2D eigenvalue weighted by Crippen LogP contribution is 2.27. The van der Waals surface area contributed by atoms with Crippen LogP contribution in [0.5, 0.6) is 0 Å². The lowest BCUT2D eigenvalue weighted by Gasteiger charge is -2.39. The van der Waals surface area contributed by atoms with Gasteiger partial charge in [0, 0.05) is 55.4 Å². The van der Waals surface area contributed by atoms with Crippen LogP contribution in [0.15, 0.2) is 29.2 Å². The van der Waals surface area contributed by atoms with Crippen molar-refractivity contribution in [2.75, 3.05) is 37.6 Å². The maximum atomic E-state index is 11.1. The van der Waals surface area contributed by atoms with Crippen LogP contribution < -0.4 is 10.2 Å². The molecule has 1 N–H and O–H groups in total. The first-order valence-corrected chi connectivity index (χ1v) is 12.2. The van der Waals surface area contributed by atoms with Gasteiger partial charge in [-0.25, -0.2) is 0 Å². The molecule has 5 nitrogen and oxygen atoms in total. The van der Waals surface area contributed by atoms with E-state index in [1.54, 1.807) is 12.1 Å². The number of piperidine rings is 1. The van der Waals surface area contributed by atoms with Crippen LogP contribution in [-0.4, -0.2) is 58.5 Å². The number of fused-ring (bicyclic) bond motifs is 2. The molecular weight excluding hydrogens is 370 g/mol. The van der Waals surface area contributed by atoms with E-state index in [0.29, 0.717) is 4.90 Å². The van der Waals surface area contributed by atoms with E-state index in [1.165, 1.54) is 45.3 Å². The smallest absolute Gasteiger partial charge is 0.0377 e. The predicted molar refractivity (Wildman–Crippen MR) is 118 cm³/mol. The number of hydrogen-bond acceptors (Lipinski definition) is 5. The minimum atomic E-state index is -2.15. The Morgan fingerprint density at radius 1 is 1.04 bits per heavy atom. The molecule has 1 aromatic carbocycles. The lowest BCUT2D eigenvalue weighted by Crippen LogP contribution is -2.52. The minimum absolute atomic E-state index is 0.380. The average Bonchev–Trinajstić information content (AvgIpc) is 3.09. The van der Waals surface area contributed by atoms with Crippen molar-refractivity contribution in [1.29, 1.82) is 0 Å². The number of hydrogen-bond donors (Lipinski definition) is 1. The van der Waals surface area contributed by atoms with Gasteiger partial charge in [-0.05, 0) is 60.9 Å².